The highest BCUT2D eigenvalue weighted by Gasteiger charge is 2.28. The average Bonchev–Trinajstić information content (AvgIpc) is 2.99. The van der Waals surface area contributed by atoms with Gasteiger partial charge in [0.15, 0.2) is 6.61 Å². The predicted octanol–water partition coefficient (Wildman–Crippen LogP) is 3.50. The molecule has 27 heavy (non-hydrogen) atoms. The fraction of sp³-hybridized carbons (Fsp3) is 0.136. The molecule has 0 aliphatic heterocycles. The number of ketones is 1. The molecule has 0 saturated heterocycles. The van der Waals surface area contributed by atoms with Gasteiger partial charge < -0.3 is 4.74 Å². The van der Waals surface area contributed by atoms with Gasteiger partial charge in [0.1, 0.15) is 11.5 Å². The number of nitrogens with zero attached hydrogens (tertiary/aromatic N) is 1. The summed E-state index contributed by atoms with van der Waals surface area (Å²) in [6, 6.07) is 18.8. The number of nitrogens with one attached hydrogen (secondary N) is 1. The molecule has 3 aromatic rings. The molecule has 0 bridgehead atoms. The molecule has 0 heterocycles. The van der Waals surface area contributed by atoms with E-state index < -0.39 is 5.91 Å². The molecule has 0 atom stereocenters. The van der Waals surface area contributed by atoms with E-state index in [1.165, 1.54) is 5.56 Å². The highest BCUT2D eigenvalue weighted by molar-refractivity contribution is 6.59. The third kappa shape index (κ3) is 3.19. The van der Waals surface area contributed by atoms with Gasteiger partial charge in [0.25, 0.3) is 5.91 Å². The quantitative estimate of drug-likeness (QED) is 0.710. The first-order valence-electron chi connectivity index (χ1n) is 8.82. The number of hydrogen-bond donors (Lipinski definition) is 1. The van der Waals surface area contributed by atoms with Gasteiger partial charge in [-0.1, -0.05) is 55.5 Å². The molecular formula is C22H18N2O3. The average molecular weight is 358 g/mol. The number of hydrazone groups is 1. The van der Waals surface area contributed by atoms with Gasteiger partial charge >= 0.3 is 0 Å². The SMILES string of the molecule is CCc1ccc(OCC(=O)N/N=C2\C(=O)c3cccc4cccc2c34)cc1. The lowest BCUT2D eigenvalue weighted by Gasteiger charge is -2.06. The monoisotopic (exact) mass is 358 g/mol. The fourth-order valence-electron chi connectivity index (χ4n) is 3.21. The zero-order valence-corrected chi connectivity index (χ0v) is 14.9. The zero-order valence-electron chi connectivity index (χ0n) is 14.9. The summed E-state index contributed by atoms with van der Waals surface area (Å²) >= 11 is 0. The topological polar surface area (TPSA) is 67.8 Å². The summed E-state index contributed by atoms with van der Waals surface area (Å²) in [6.45, 7) is 1.90. The van der Waals surface area contributed by atoms with Gasteiger partial charge in [-0.05, 0) is 29.5 Å². The zero-order chi connectivity index (χ0) is 18.8. The first kappa shape index (κ1) is 17.0. The molecule has 0 spiro atoms. The predicted molar refractivity (Wildman–Crippen MR) is 104 cm³/mol. The Balaban J connectivity index is 1.46. The molecule has 5 heteroatoms. The number of amides is 1. The second-order valence-corrected chi connectivity index (χ2v) is 6.32. The number of benzene rings is 3. The van der Waals surface area contributed by atoms with E-state index in [4.69, 9.17) is 4.74 Å². The van der Waals surface area contributed by atoms with Crippen molar-refractivity contribution < 1.29 is 14.3 Å². The summed E-state index contributed by atoms with van der Waals surface area (Å²) < 4.78 is 5.46. The standard InChI is InChI=1S/C22H18N2O3/c1-2-14-9-11-16(12-10-14)27-13-19(25)23-24-21-17-7-3-5-15-6-4-8-18(20(15)17)22(21)26/h3-12H,2,13H2,1H3,(H,23,25)/b24-21-. The van der Waals surface area contributed by atoms with Gasteiger partial charge in [0, 0.05) is 16.5 Å². The third-order valence-corrected chi connectivity index (χ3v) is 4.61. The van der Waals surface area contributed by atoms with Crippen molar-refractivity contribution in [3.05, 3.63) is 77.4 Å². The fourth-order valence-corrected chi connectivity index (χ4v) is 3.21. The molecule has 0 saturated carbocycles. The highest BCUT2D eigenvalue weighted by Crippen LogP contribution is 2.30. The summed E-state index contributed by atoms with van der Waals surface area (Å²) in [7, 11) is 0. The Bertz CT molecular complexity index is 1060. The molecular weight excluding hydrogens is 340 g/mol. The number of ether oxygens (including phenoxy) is 1. The van der Waals surface area contributed by atoms with E-state index in [1.807, 2.05) is 54.6 Å². The maximum Gasteiger partial charge on any atom is 0.277 e. The lowest BCUT2D eigenvalue weighted by Crippen LogP contribution is -2.27. The molecule has 3 aromatic carbocycles. The van der Waals surface area contributed by atoms with Crippen molar-refractivity contribution in [3.8, 4) is 5.75 Å². The van der Waals surface area contributed by atoms with Gasteiger partial charge in [0.05, 0.1) is 0 Å². The Morgan fingerprint density at radius 1 is 1.00 bits per heavy atom. The summed E-state index contributed by atoms with van der Waals surface area (Å²) in [5.41, 5.74) is 5.24. The number of hydrogen-bond acceptors (Lipinski definition) is 4. The summed E-state index contributed by atoms with van der Waals surface area (Å²) in [5.74, 6) is 0.0142. The number of carbonyl (C=O) groups excluding carboxylic acids is 2. The van der Waals surface area contributed by atoms with Crippen molar-refractivity contribution in [2.75, 3.05) is 6.61 Å². The van der Waals surface area contributed by atoms with E-state index in [0.29, 0.717) is 11.3 Å². The normalized spacial score (nSPS) is 14.0. The Labute approximate surface area is 156 Å². The van der Waals surface area contributed by atoms with E-state index >= 15 is 0 Å². The van der Waals surface area contributed by atoms with Crippen LogP contribution >= 0.6 is 0 Å². The lowest BCUT2D eigenvalue weighted by molar-refractivity contribution is -0.123. The van der Waals surface area contributed by atoms with Crippen molar-refractivity contribution in [1.29, 1.82) is 0 Å². The molecule has 4 rings (SSSR count). The second-order valence-electron chi connectivity index (χ2n) is 6.32. The molecule has 0 fully saturated rings. The molecule has 1 amide bonds. The summed E-state index contributed by atoms with van der Waals surface area (Å²) in [5, 5.41) is 5.93. The van der Waals surface area contributed by atoms with Gasteiger partial charge in [-0.2, -0.15) is 5.10 Å². The van der Waals surface area contributed by atoms with E-state index in [-0.39, 0.29) is 18.1 Å². The van der Waals surface area contributed by atoms with Crippen LogP contribution in [0.4, 0.5) is 0 Å². The van der Waals surface area contributed by atoms with Crippen LogP contribution in [-0.4, -0.2) is 24.0 Å². The van der Waals surface area contributed by atoms with Crippen molar-refractivity contribution in [1.82, 2.24) is 5.43 Å². The Morgan fingerprint density at radius 2 is 1.70 bits per heavy atom. The molecule has 0 aromatic heterocycles. The Morgan fingerprint density at radius 3 is 2.41 bits per heavy atom. The van der Waals surface area contributed by atoms with Crippen molar-refractivity contribution >= 4 is 28.2 Å². The number of Topliss-reactive ketones (excluding diaryl/α,β-unsaturated/α-hetero) is 1. The van der Waals surface area contributed by atoms with Crippen LogP contribution in [-0.2, 0) is 11.2 Å². The van der Waals surface area contributed by atoms with Gasteiger partial charge in [-0.3, -0.25) is 9.59 Å². The van der Waals surface area contributed by atoms with Gasteiger partial charge in [-0.15, -0.1) is 0 Å². The van der Waals surface area contributed by atoms with Crippen LogP contribution < -0.4 is 10.2 Å². The van der Waals surface area contributed by atoms with E-state index in [0.717, 1.165) is 22.8 Å². The largest absolute Gasteiger partial charge is 0.484 e. The minimum absolute atomic E-state index is 0.173. The molecule has 0 radical (unpaired) electrons. The first-order chi connectivity index (χ1) is 13.2. The molecule has 0 unspecified atom stereocenters. The third-order valence-electron chi connectivity index (χ3n) is 4.61. The first-order valence-corrected chi connectivity index (χ1v) is 8.82. The molecule has 134 valence electrons. The maximum atomic E-state index is 12.6. The van der Waals surface area contributed by atoms with Crippen LogP contribution in [0.5, 0.6) is 5.75 Å². The number of carbonyl (C=O) groups is 2. The van der Waals surface area contributed by atoms with Crippen LogP contribution in [0.3, 0.4) is 0 Å². The number of rotatable bonds is 5. The van der Waals surface area contributed by atoms with Crippen LogP contribution in [0, 0.1) is 0 Å². The van der Waals surface area contributed by atoms with Crippen molar-refractivity contribution in [2.45, 2.75) is 13.3 Å². The van der Waals surface area contributed by atoms with E-state index in [9.17, 15) is 9.59 Å². The molecule has 5 nitrogen and oxygen atoms in total. The van der Waals surface area contributed by atoms with E-state index in [1.54, 1.807) is 6.07 Å². The minimum atomic E-state index is -0.419. The van der Waals surface area contributed by atoms with E-state index in [2.05, 4.69) is 17.5 Å². The molecule has 1 aliphatic carbocycles. The highest BCUT2D eigenvalue weighted by atomic mass is 16.5. The van der Waals surface area contributed by atoms with Gasteiger partial charge in [0.2, 0.25) is 5.78 Å². The van der Waals surface area contributed by atoms with Crippen LogP contribution in [0.2, 0.25) is 0 Å². The Kier molecular flexibility index (Phi) is 4.42. The van der Waals surface area contributed by atoms with Crippen molar-refractivity contribution in [3.63, 3.8) is 0 Å². The molecule has 1 N–H and O–H groups in total. The summed E-state index contributed by atoms with van der Waals surface area (Å²) in [4.78, 5) is 24.7. The lowest BCUT2D eigenvalue weighted by atomic mass is 10.1. The van der Waals surface area contributed by atoms with Crippen molar-refractivity contribution in [2.24, 2.45) is 5.10 Å². The maximum absolute atomic E-state index is 12.6. The van der Waals surface area contributed by atoms with Crippen LogP contribution in [0.15, 0.2) is 65.8 Å². The second kappa shape index (κ2) is 7.03. The smallest absolute Gasteiger partial charge is 0.277 e. The number of aryl methyl sites for hydroxylation is 1. The minimum Gasteiger partial charge on any atom is -0.484 e. The molecule has 1 aliphatic rings. The van der Waals surface area contributed by atoms with Crippen LogP contribution in [0.25, 0.3) is 10.8 Å². The summed E-state index contributed by atoms with van der Waals surface area (Å²) in [6.07, 6.45) is 0.946. The van der Waals surface area contributed by atoms with Crippen LogP contribution in [0.1, 0.15) is 28.4 Å². The Hall–Kier alpha value is -3.47. The van der Waals surface area contributed by atoms with Gasteiger partial charge in [-0.25, -0.2) is 5.43 Å².